The van der Waals surface area contributed by atoms with Gasteiger partial charge in [-0.05, 0) is 37.3 Å². The number of rotatable bonds is 4. The number of aromatic nitrogens is 3. The molecule has 0 fully saturated rings. The van der Waals surface area contributed by atoms with Gasteiger partial charge in [0.1, 0.15) is 11.5 Å². The summed E-state index contributed by atoms with van der Waals surface area (Å²) in [5.41, 5.74) is 3.13. The SMILES string of the molecule is CCn1c(CN(C)C(=O)c2[nH]c3ccc(Cl)cc3c2Cl)nc2ccccc21. The second kappa shape index (κ2) is 6.91. The molecule has 0 aliphatic rings. The summed E-state index contributed by atoms with van der Waals surface area (Å²) < 4.78 is 2.12. The summed E-state index contributed by atoms with van der Waals surface area (Å²) in [7, 11) is 1.75. The quantitative estimate of drug-likeness (QED) is 0.516. The van der Waals surface area contributed by atoms with Crippen LogP contribution in [0.4, 0.5) is 0 Å². The van der Waals surface area contributed by atoms with Crippen molar-refractivity contribution in [3.63, 3.8) is 0 Å². The van der Waals surface area contributed by atoms with Gasteiger partial charge < -0.3 is 14.5 Å². The van der Waals surface area contributed by atoms with E-state index in [1.165, 1.54) is 0 Å². The molecule has 0 radical (unpaired) electrons. The number of aryl methyl sites for hydroxylation is 1. The number of hydrogen-bond acceptors (Lipinski definition) is 2. The molecule has 2 aromatic carbocycles. The molecule has 138 valence electrons. The fourth-order valence-corrected chi connectivity index (χ4v) is 3.81. The summed E-state index contributed by atoms with van der Waals surface area (Å²) in [6.45, 7) is 3.23. The predicted molar refractivity (Wildman–Crippen MR) is 110 cm³/mol. The van der Waals surface area contributed by atoms with Crippen molar-refractivity contribution in [3.8, 4) is 0 Å². The molecule has 0 atom stereocenters. The number of benzene rings is 2. The fraction of sp³-hybridized carbons (Fsp3) is 0.200. The summed E-state index contributed by atoms with van der Waals surface area (Å²) in [6, 6.07) is 13.3. The number of aromatic amines is 1. The number of hydrogen-bond donors (Lipinski definition) is 1. The monoisotopic (exact) mass is 400 g/mol. The van der Waals surface area contributed by atoms with E-state index in [2.05, 4.69) is 21.5 Å². The molecule has 0 saturated heterocycles. The van der Waals surface area contributed by atoms with E-state index in [1.54, 1.807) is 24.1 Å². The normalized spacial score (nSPS) is 11.4. The third-order valence-corrected chi connectivity index (χ3v) is 5.31. The molecule has 2 aromatic heterocycles. The van der Waals surface area contributed by atoms with Gasteiger partial charge in [-0.2, -0.15) is 0 Å². The van der Waals surface area contributed by atoms with Crippen molar-refractivity contribution in [1.29, 1.82) is 0 Å². The van der Waals surface area contributed by atoms with Crippen molar-refractivity contribution in [2.45, 2.75) is 20.0 Å². The molecule has 2 heterocycles. The van der Waals surface area contributed by atoms with E-state index in [-0.39, 0.29) is 5.91 Å². The highest BCUT2D eigenvalue weighted by Crippen LogP contribution is 2.30. The van der Waals surface area contributed by atoms with Gasteiger partial charge in [-0.1, -0.05) is 35.3 Å². The topological polar surface area (TPSA) is 53.9 Å². The van der Waals surface area contributed by atoms with E-state index in [4.69, 9.17) is 23.2 Å². The van der Waals surface area contributed by atoms with Crippen molar-refractivity contribution >= 4 is 51.0 Å². The average Bonchev–Trinajstić information content (AvgIpc) is 3.18. The van der Waals surface area contributed by atoms with Crippen molar-refractivity contribution in [2.75, 3.05) is 7.05 Å². The molecule has 1 N–H and O–H groups in total. The molecule has 1 amide bonds. The zero-order chi connectivity index (χ0) is 19.1. The number of para-hydroxylation sites is 2. The Morgan fingerprint density at radius 2 is 2.00 bits per heavy atom. The molecule has 4 aromatic rings. The number of carbonyl (C=O) groups is 1. The number of carbonyl (C=O) groups excluding carboxylic acids is 1. The molecule has 27 heavy (non-hydrogen) atoms. The van der Waals surface area contributed by atoms with Gasteiger partial charge in [0.25, 0.3) is 5.91 Å². The van der Waals surface area contributed by atoms with Gasteiger partial charge in [0.15, 0.2) is 0 Å². The highest BCUT2D eigenvalue weighted by Gasteiger charge is 2.22. The first-order chi connectivity index (χ1) is 13.0. The smallest absolute Gasteiger partial charge is 0.272 e. The van der Waals surface area contributed by atoms with Gasteiger partial charge in [0.2, 0.25) is 0 Å². The molecular weight excluding hydrogens is 383 g/mol. The second-order valence-corrected chi connectivity index (χ2v) is 7.24. The minimum atomic E-state index is -0.193. The number of imidazole rings is 1. The minimum absolute atomic E-state index is 0.193. The van der Waals surface area contributed by atoms with Crippen LogP contribution in [-0.4, -0.2) is 32.4 Å². The lowest BCUT2D eigenvalue weighted by molar-refractivity contribution is 0.0775. The number of nitrogens with zero attached hydrogens (tertiary/aromatic N) is 3. The Morgan fingerprint density at radius 1 is 1.22 bits per heavy atom. The lowest BCUT2D eigenvalue weighted by Gasteiger charge is -2.17. The number of amides is 1. The molecule has 0 aliphatic heterocycles. The number of halogens is 2. The van der Waals surface area contributed by atoms with Gasteiger partial charge in [-0.3, -0.25) is 4.79 Å². The summed E-state index contributed by atoms with van der Waals surface area (Å²) in [6.07, 6.45) is 0. The van der Waals surface area contributed by atoms with Crippen LogP contribution >= 0.6 is 23.2 Å². The van der Waals surface area contributed by atoms with Gasteiger partial charge in [-0.25, -0.2) is 4.98 Å². The Balaban J connectivity index is 1.67. The van der Waals surface area contributed by atoms with Crippen LogP contribution in [0.15, 0.2) is 42.5 Å². The zero-order valence-electron chi connectivity index (χ0n) is 15.0. The Morgan fingerprint density at radius 3 is 2.78 bits per heavy atom. The van der Waals surface area contributed by atoms with Crippen LogP contribution in [0, 0.1) is 0 Å². The molecule has 0 bridgehead atoms. The van der Waals surface area contributed by atoms with Gasteiger partial charge in [0, 0.05) is 29.5 Å². The maximum Gasteiger partial charge on any atom is 0.272 e. The Bertz CT molecular complexity index is 1160. The maximum absolute atomic E-state index is 13.0. The van der Waals surface area contributed by atoms with E-state index in [9.17, 15) is 4.79 Å². The van der Waals surface area contributed by atoms with Crippen LogP contribution in [-0.2, 0) is 13.1 Å². The third kappa shape index (κ3) is 3.07. The largest absolute Gasteiger partial charge is 0.349 e. The fourth-order valence-electron chi connectivity index (χ4n) is 3.35. The first-order valence-electron chi connectivity index (χ1n) is 8.66. The first kappa shape index (κ1) is 17.9. The zero-order valence-corrected chi connectivity index (χ0v) is 16.5. The number of nitrogens with one attached hydrogen (secondary N) is 1. The summed E-state index contributed by atoms with van der Waals surface area (Å²) in [5.74, 6) is 0.645. The third-order valence-electron chi connectivity index (χ3n) is 4.69. The molecule has 7 heteroatoms. The molecule has 4 rings (SSSR count). The summed E-state index contributed by atoms with van der Waals surface area (Å²) >= 11 is 12.5. The van der Waals surface area contributed by atoms with Crippen LogP contribution < -0.4 is 0 Å². The number of H-pyrrole nitrogens is 1. The lowest BCUT2D eigenvalue weighted by atomic mass is 10.2. The minimum Gasteiger partial charge on any atom is -0.349 e. The van der Waals surface area contributed by atoms with E-state index in [0.29, 0.717) is 22.3 Å². The van der Waals surface area contributed by atoms with Gasteiger partial charge >= 0.3 is 0 Å². The van der Waals surface area contributed by atoms with Crippen molar-refractivity contribution in [1.82, 2.24) is 19.4 Å². The van der Waals surface area contributed by atoms with Crippen molar-refractivity contribution in [3.05, 3.63) is 64.0 Å². The van der Waals surface area contributed by atoms with E-state index < -0.39 is 0 Å². The second-order valence-electron chi connectivity index (χ2n) is 6.43. The standard InChI is InChI=1S/C20H18Cl2N4O/c1-3-26-16-7-5-4-6-15(16)23-17(26)11-25(2)20(27)19-18(22)13-10-12(21)8-9-14(13)24-19/h4-10,24H,3,11H2,1-2H3. The van der Waals surface area contributed by atoms with Crippen LogP contribution in [0.5, 0.6) is 0 Å². The summed E-state index contributed by atoms with van der Waals surface area (Å²) in [5, 5.41) is 1.70. The van der Waals surface area contributed by atoms with Crippen molar-refractivity contribution < 1.29 is 4.79 Å². The van der Waals surface area contributed by atoms with Crippen LogP contribution in [0.1, 0.15) is 23.2 Å². The first-order valence-corrected chi connectivity index (χ1v) is 9.41. The lowest BCUT2D eigenvalue weighted by Crippen LogP contribution is -2.28. The van der Waals surface area contributed by atoms with E-state index in [0.717, 1.165) is 34.3 Å². The van der Waals surface area contributed by atoms with Crippen LogP contribution in [0.3, 0.4) is 0 Å². The maximum atomic E-state index is 13.0. The van der Waals surface area contributed by atoms with Gasteiger partial charge in [0.05, 0.1) is 22.6 Å². The van der Waals surface area contributed by atoms with E-state index >= 15 is 0 Å². The highest BCUT2D eigenvalue weighted by atomic mass is 35.5. The van der Waals surface area contributed by atoms with Gasteiger partial charge in [-0.15, -0.1) is 0 Å². The predicted octanol–water partition coefficient (Wildman–Crippen LogP) is 5.12. The summed E-state index contributed by atoms with van der Waals surface area (Å²) in [4.78, 5) is 22.4. The van der Waals surface area contributed by atoms with E-state index in [1.807, 2.05) is 30.3 Å². The number of fused-ring (bicyclic) bond motifs is 2. The molecule has 0 saturated carbocycles. The highest BCUT2D eigenvalue weighted by molar-refractivity contribution is 6.39. The molecule has 0 aliphatic carbocycles. The Hall–Kier alpha value is -2.50. The molecular formula is C20H18Cl2N4O. The molecule has 5 nitrogen and oxygen atoms in total. The average molecular weight is 401 g/mol. The van der Waals surface area contributed by atoms with Crippen LogP contribution in [0.25, 0.3) is 21.9 Å². The molecule has 0 unspecified atom stereocenters. The van der Waals surface area contributed by atoms with Crippen molar-refractivity contribution in [2.24, 2.45) is 0 Å². The Kier molecular flexibility index (Phi) is 4.58. The Labute approximate surface area is 166 Å². The van der Waals surface area contributed by atoms with Crippen LogP contribution in [0.2, 0.25) is 10.0 Å². The molecule has 0 spiro atoms.